The van der Waals surface area contributed by atoms with E-state index in [0.29, 0.717) is 4.31 Å². The Kier molecular flexibility index (Phi) is 11.7. The predicted octanol–water partition coefficient (Wildman–Crippen LogP) is 6.30. The summed E-state index contributed by atoms with van der Waals surface area (Å²) in [6.07, 6.45) is 0.376. The van der Waals surface area contributed by atoms with Crippen molar-refractivity contribution in [1.82, 2.24) is 9.97 Å². The Bertz CT molecular complexity index is 2140. The molecule has 0 radical (unpaired) electrons. The molecule has 0 saturated heterocycles. The SMILES string of the molecule is C[SH](O)(Cc1cc(OCCCCN(c2cc(F)ccc2-c2nc(Cl)ncc2F)S(=O)(=O)c2ccccc2[N+](=O)[O-])cc([N+](=O)[O-])c1)=NC(=O)O. The number of ether oxygens (including phenoxy) is 1. The summed E-state index contributed by atoms with van der Waals surface area (Å²) in [5.41, 5.74) is -2.10. The molecule has 1 aromatic heterocycles. The Morgan fingerprint density at radius 1 is 1.08 bits per heavy atom. The number of anilines is 1. The van der Waals surface area contributed by atoms with Crippen LogP contribution in [-0.4, -0.2) is 63.4 Å². The van der Waals surface area contributed by atoms with Crippen molar-refractivity contribution in [3.63, 3.8) is 0 Å². The van der Waals surface area contributed by atoms with Gasteiger partial charge in [-0.15, -0.1) is 0 Å². The van der Waals surface area contributed by atoms with Crippen molar-refractivity contribution in [2.45, 2.75) is 23.5 Å². The third-order valence-corrected chi connectivity index (χ3v) is 10.4. The zero-order chi connectivity index (χ0) is 36.8. The Balaban J connectivity index is 1.66. The van der Waals surface area contributed by atoms with Crippen LogP contribution in [0.3, 0.4) is 0 Å². The van der Waals surface area contributed by atoms with Crippen LogP contribution in [0.2, 0.25) is 5.28 Å². The lowest BCUT2D eigenvalue weighted by molar-refractivity contribution is -0.387. The van der Waals surface area contributed by atoms with Crippen LogP contribution in [0.15, 0.2) is 76.1 Å². The highest BCUT2D eigenvalue weighted by molar-refractivity contribution is 7.98. The molecule has 0 spiro atoms. The third kappa shape index (κ3) is 9.28. The Hall–Kier alpha value is -5.18. The van der Waals surface area contributed by atoms with Gasteiger partial charge in [0.15, 0.2) is 10.7 Å². The van der Waals surface area contributed by atoms with Gasteiger partial charge in [0, 0.05) is 30.0 Å². The van der Waals surface area contributed by atoms with Gasteiger partial charge in [-0.2, -0.15) is 4.36 Å². The fraction of sp³-hybridized carbons (Fsp3) is 0.207. The number of aromatic nitrogens is 2. The van der Waals surface area contributed by atoms with Gasteiger partial charge in [0.25, 0.3) is 21.4 Å². The van der Waals surface area contributed by atoms with E-state index in [9.17, 15) is 46.8 Å². The number of nitrogens with zero attached hydrogens (tertiary/aromatic N) is 6. The topological polar surface area (TPSA) is 229 Å². The molecule has 4 rings (SSSR count). The lowest BCUT2D eigenvalue weighted by atomic mass is 10.1. The number of nitro groups is 2. The van der Waals surface area contributed by atoms with Gasteiger partial charge in [-0.1, -0.05) is 22.2 Å². The highest BCUT2D eigenvalue weighted by Gasteiger charge is 2.34. The van der Waals surface area contributed by atoms with Crippen LogP contribution in [0.1, 0.15) is 18.4 Å². The van der Waals surface area contributed by atoms with Crippen LogP contribution in [-0.2, 0) is 25.9 Å². The number of carboxylic acid groups (broad SMARTS) is 1. The van der Waals surface area contributed by atoms with Crippen LogP contribution < -0.4 is 9.04 Å². The molecular formula is C29H27ClF2N6O10S2. The summed E-state index contributed by atoms with van der Waals surface area (Å²) in [4.78, 5) is 39.3. The summed E-state index contributed by atoms with van der Waals surface area (Å²) >= 11 is 5.87. The summed E-state index contributed by atoms with van der Waals surface area (Å²) in [6, 6.07) is 10.9. The first kappa shape index (κ1) is 37.6. The number of halogens is 3. The molecule has 0 aliphatic carbocycles. The number of hydrogen-bond donors (Lipinski definition) is 3. The number of non-ortho nitro benzene ring substituents is 1. The predicted molar refractivity (Wildman–Crippen MR) is 179 cm³/mol. The van der Waals surface area contributed by atoms with Crippen molar-refractivity contribution in [3.8, 4) is 17.0 Å². The molecule has 1 amide bonds. The molecule has 3 aromatic carbocycles. The number of unbranched alkanes of at least 4 members (excludes halogenated alkanes) is 1. The van der Waals surface area contributed by atoms with Gasteiger partial charge in [-0.25, -0.2) is 32.0 Å². The van der Waals surface area contributed by atoms with Crippen molar-refractivity contribution >= 4 is 54.9 Å². The Morgan fingerprint density at radius 3 is 2.48 bits per heavy atom. The van der Waals surface area contributed by atoms with Crippen molar-refractivity contribution in [3.05, 3.63) is 110 Å². The molecule has 16 nitrogen and oxygen atoms in total. The van der Waals surface area contributed by atoms with Crippen molar-refractivity contribution in [2.24, 2.45) is 4.36 Å². The second-order valence-corrected chi connectivity index (χ2v) is 15.4. The molecular weight excluding hydrogens is 730 g/mol. The molecule has 0 atom stereocenters. The maximum absolute atomic E-state index is 14.9. The molecule has 2 N–H and O–H groups in total. The summed E-state index contributed by atoms with van der Waals surface area (Å²) in [7, 11) is -8.22. The van der Waals surface area contributed by atoms with E-state index < -0.39 is 87.2 Å². The minimum Gasteiger partial charge on any atom is -0.493 e. The molecule has 21 heteroatoms. The Morgan fingerprint density at radius 2 is 1.80 bits per heavy atom. The molecule has 0 fully saturated rings. The zero-order valence-corrected chi connectivity index (χ0v) is 28.2. The van der Waals surface area contributed by atoms with Gasteiger partial charge in [-0.05, 0) is 66.6 Å². The standard InChI is InChI=1S/C29H27ClF2N6O10S2/c1-49(45,35-29(39)40)17-18-12-20(37(41)42)15-21(13-18)48-11-5-4-10-36(50(46,47)26-7-3-2-6-24(26)38(43)44)25-14-19(31)8-9-22(25)27-23(32)16-33-28(30)34-27/h2-3,6-9,12-16,49H,4-5,10-11,17H2,1H3,(H,35,45)(H,39,40). The molecule has 0 saturated carbocycles. The lowest BCUT2D eigenvalue weighted by Gasteiger charge is -2.27. The van der Waals surface area contributed by atoms with Gasteiger partial charge in [-0.3, -0.25) is 24.5 Å². The monoisotopic (exact) mass is 756 g/mol. The van der Waals surface area contributed by atoms with Gasteiger partial charge in [0.05, 0.1) is 34.4 Å². The van der Waals surface area contributed by atoms with Crippen LogP contribution >= 0.6 is 11.6 Å². The molecule has 0 aliphatic heterocycles. The summed E-state index contributed by atoms with van der Waals surface area (Å²) in [5, 5.41) is 31.8. The highest BCUT2D eigenvalue weighted by atomic mass is 35.5. The first-order chi connectivity index (χ1) is 23.5. The van der Waals surface area contributed by atoms with Crippen molar-refractivity contribution in [2.75, 3.05) is 23.7 Å². The fourth-order valence-electron chi connectivity index (χ4n) is 4.80. The van der Waals surface area contributed by atoms with E-state index >= 15 is 0 Å². The molecule has 50 heavy (non-hydrogen) atoms. The quantitative estimate of drug-likeness (QED) is 0.0423. The maximum atomic E-state index is 14.9. The van der Waals surface area contributed by atoms with Gasteiger partial charge < -0.3 is 14.4 Å². The lowest BCUT2D eigenvalue weighted by Crippen LogP contribution is -2.33. The molecule has 266 valence electrons. The number of carbonyl (C=O) groups is 1. The minimum absolute atomic E-state index is 0.0163. The molecule has 0 aliphatic rings. The summed E-state index contributed by atoms with van der Waals surface area (Å²) in [5.74, 6) is -2.26. The fourth-order valence-corrected chi connectivity index (χ4v) is 7.92. The van der Waals surface area contributed by atoms with Crippen LogP contribution in [0, 0.1) is 31.9 Å². The average molecular weight is 757 g/mol. The first-order valence-corrected chi connectivity index (χ1v) is 18.3. The highest BCUT2D eigenvalue weighted by Crippen LogP contribution is 2.37. The van der Waals surface area contributed by atoms with E-state index in [1.807, 2.05) is 0 Å². The van der Waals surface area contributed by atoms with Crippen molar-refractivity contribution < 1.29 is 46.2 Å². The van der Waals surface area contributed by atoms with Crippen LogP contribution in [0.5, 0.6) is 5.75 Å². The normalized spacial score (nSPS) is 11.9. The number of sulfonamides is 1. The van der Waals surface area contributed by atoms with Crippen LogP contribution in [0.25, 0.3) is 11.3 Å². The molecule has 4 aromatic rings. The van der Waals surface area contributed by atoms with Gasteiger partial charge >= 0.3 is 6.09 Å². The van der Waals surface area contributed by atoms with E-state index in [0.717, 1.165) is 48.7 Å². The number of amides is 1. The van der Waals surface area contributed by atoms with E-state index in [4.69, 9.17) is 21.4 Å². The molecule has 0 unspecified atom stereocenters. The first-order valence-electron chi connectivity index (χ1n) is 14.2. The molecule has 0 bridgehead atoms. The summed E-state index contributed by atoms with van der Waals surface area (Å²) < 4.78 is 77.8. The van der Waals surface area contributed by atoms with E-state index in [2.05, 4.69) is 14.3 Å². The van der Waals surface area contributed by atoms with Crippen molar-refractivity contribution in [1.29, 1.82) is 0 Å². The average Bonchev–Trinajstić information content (AvgIpc) is 3.02. The Labute approximate surface area is 288 Å². The van der Waals surface area contributed by atoms with E-state index in [1.165, 1.54) is 24.5 Å². The second-order valence-electron chi connectivity index (χ2n) is 10.6. The number of benzene rings is 3. The minimum atomic E-state index is -4.85. The number of hydrogen-bond acceptors (Lipinski definition) is 10. The molecule has 1 heterocycles. The van der Waals surface area contributed by atoms with Crippen LogP contribution in [0.4, 0.5) is 30.6 Å². The number of rotatable bonds is 14. The number of nitro benzene ring substituents is 2. The van der Waals surface area contributed by atoms with E-state index in [-0.39, 0.29) is 42.1 Å². The largest absolute Gasteiger partial charge is 0.493 e. The smallest absolute Gasteiger partial charge is 0.437 e. The third-order valence-electron chi connectivity index (χ3n) is 6.80. The maximum Gasteiger partial charge on any atom is 0.437 e. The number of thiol groups is 1. The second kappa shape index (κ2) is 15.6. The van der Waals surface area contributed by atoms with Gasteiger partial charge in [0.1, 0.15) is 17.3 Å². The van der Waals surface area contributed by atoms with Gasteiger partial charge in [0.2, 0.25) is 5.28 Å². The number of para-hydroxylation sites is 1. The van der Waals surface area contributed by atoms with E-state index in [1.54, 1.807) is 0 Å². The summed E-state index contributed by atoms with van der Waals surface area (Å²) in [6.45, 7) is -0.601. The zero-order valence-electron chi connectivity index (χ0n) is 25.7.